The SMILES string of the molecule is CCCN1CCC(C(C)NC2CCN3CCCC23)CC1. The van der Waals surface area contributed by atoms with Crippen LogP contribution in [-0.2, 0) is 0 Å². The van der Waals surface area contributed by atoms with Gasteiger partial charge in [0.05, 0.1) is 0 Å². The van der Waals surface area contributed by atoms with Gasteiger partial charge in [0.2, 0.25) is 0 Å². The van der Waals surface area contributed by atoms with E-state index in [1.807, 2.05) is 0 Å². The van der Waals surface area contributed by atoms with E-state index in [0.717, 1.165) is 18.0 Å². The minimum Gasteiger partial charge on any atom is -0.310 e. The molecular weight excluding hydrogens is 246 g/mol. The van der Waals surface area contributed by atoms with E-state index in [1.165, 1.54) is 71.2 Å². The fraction of sp³-hybridized carbons (Fsp3) is 1.00. The Morgan fingerprint density at radius 2 is 1.85 bits per heavy atom. The third kappa shape index (κ3) is 3.20. The van der Waals surface area contributed by atoms with Crippen LogP contribution < -0.4 is 5.32 Å². The van der Waals surface area contributed by atoms with Gasteiger partial charge >= 0.3 is 0 Å². The minimum absolute atomic E-state index is 0.712. The fourth-order valence-corrected chi connectivity index (χ4v) is 4.74. The first-order valence-corrected chi connectivity index (χ1v) is 9.00. The lowest BCUT2D eigenvalue weighted by Crippen LogP contribution is -2.48. The number of rotatable bonds is 5. The summed E-state index contributed by atoms with van der Waals surface area (Å²) in [6.07, 6.45) is 8.33. The first-order valence-electron chi connectivity index (χ1n) is 9.00. The van der Waals surface area contributed by atoms with Gasteiger partial charge in [0.25, 0.3) is 0 Å². The molecule has 3 nitrogen and oxygen atoms in total. The summed E-state index contributed by atoms with van der Waals surface area (Å²) >= 11 is 0. The van der Waals surface area contributed by atoms with Gasteiger partial charge in [0.1, 0.15) is 0 Å². The lowest BCUT2D eigenvalue weighted by atomic mass is 9.89. The molecule has 1 N–H and O–H groups in total. The first-order chi connectivity index (χ1) is 9.78. The largest absolute Gasteiger partial charge is 0.310 e. The molecule has 0 bridgehead atoms. The highest BCUT2D eigenvalue weighted by Crippen LogP contribution is 2.29. The summed E-state index contributed by atoms with van der Waals surface area (Å²) in [6.45, 7) is 11.4. The van der Waals surface area contributed by atoms with E-state index in [1.54, 1.807) is 0 Å². The molecule has 0 aromatic rings. The second-order valence-corrected chi connectivity index (χ2v) is 7.28. The van der Waals surface area contributed by atoms with Gasteiger partial charge < -0.3 is 10.2 Å². The number of nitrogens with zero attached hydrogens (tertiary/aromatic N) is 2. The van der Waals surface area contributed by atoms with Crippen LogP contribution in [-0.4, -0.2) is 60.6 Å². The Hall–Kier alpha value is -0.120. The quantitative estimate of drug-likeness (QED) is 0.833. The van der Waals surface area contributed by atoms with Crippen LogP contribution in [0.5, 0.6) is 0 Å². The number of nitrogens with one attached hydrogen (secondary N) is 1. The van der Waals surface area contributed by atoms with Gasteiger partial charge in [-0.15, -0.1) is 0 Å². The predicted octanol–water partition coefficient (Wildman–Crippen LogP) is 2.32. The van der Waals surface area contributed by atoms with Crippen LogP contribution in [0.3, 0.4) is 0 Å². The Kier molecular flexibility index (Phi) is 5.00. The summed E-state index contributed by atoms with van der Waals surface area (Å²) in [6, 6.07) is 2.35. The van der Waals surface area contributed by atoms with E-state index in [9.17, 15) is 0 Å². The molecule has 3 aliphatic rings. The van der Waals surface area contributed by atoms with Crippen molar-refractivity contribution in [3.8, 4) is 0 Å². The summed E-state index contributed by atoms with van der Waals surface area (Å²) < 4.78 is 0. The van der Waals surface area contributed by atoms with Crippen LogP contribution in [0, 0.1) is 5.92 Å². The van der Waals surface area contributed by atoms with E-state index < -0.39 is 0 Å². The molecule has 0 amide bonds. The lowest BCUT2D eigenvalue weighted by Gasteiger charge is -2.36. The number of likely N-dealkylation sites (tertiary alicyclic amines) is 1. The molecule has 0 aliphatic carbocycles. The summed E-state index contributed by atoms with van der Waals surface area (Å²) in [4.78, 5) is 5.37. The number of fused-ring (bicyclic) bond motifs is 1. The van der Waals surface area contributed by atoms with Gasteiger partial charge in [0, 0.05) is 24.7 Å². The van der Waals surface area contributed by atoms with E-state index in [2.05, 4.69) is 29.0 Å². The number of hydrogen-bond acceptors (Lipinski definition) is 3. The van der Waals surface area contributed by atoms with Crippen molar-refractivity contribution in [2.75, 3.05) is 32.7 Å². The van der Waals surface area contributed by atoms with Crippen molar-refractivity contribution in [1.29, 1.82) is 0 Å². The van der Waals surface area contributed by atoms with Crippen molar-refractivity contribution in [2.45, 2.75) is 70.5 Å². The molecular formula is C17H33N3. The fourth-order valence-electron chi connectivity index (χ4n) is 4.74. The highest BCUT2D eigenvalue weighted by atomic mass is 15.2. The van der Waals surface area contributed by atoms with Crippen molar-refractivity contribution in [3.05, 3.63) is 0 Å². The monoisotopic (exact) mass is 279 g/mol. The third-order valence-electron chi connectivity index (χ3n) is 5.96. The van der Waals surface area contributed by atoms with Crippen molar-refractivity contribution in [2.24, 2.45) is 5.92 Å². The van der Waals surface area contributed by atoms with Gasteiger partial charge in [-0.2, -0.15) is 0 Å². The molecule has 3 rings (SSSR count). The average Bonchev–Trinajstić information content (AvgIpc) is 3.05. The maximum atomic E-state index is 4.01. The van der Waals surface area contributed by atoms with Crippen LogP contribution in [0.15, 0.2) is 0 Å². The van der Waals surface area contributed by atoms with Crippen LogP contribution in [0.1, 0.15) is 52.4 Å². The molecule has 3 heterocycles. The highest BCUT2D eigenvalue weighted by Gasteiger charge is 2.38. The van der Waals surface area contributed by atoms with Gasteiger partial charge in [-0.3, -0.25) is 4.90 Å². The van der Waals surface area contributed by atoms with E-state index in [-0.39, 0.29) is 0 Å². The molecule has 3 unspecified atom stereocenters. The molecule has 3 aliphatic heterocycles. The Labute approximate surface area is 125 Å². The summed E-state index contributed by atoms with van der Waals surface area (Å²) in [7, 11) is 0. The molecule has 0 spiro atoms. The van der Waals surface area contributed by atoms with Gasteiger partial charge in [-0.1, -0.05) is 6.92 Å². The van der Waals surface area contributed by atoms with E-state index in [4.69, 9.17) is 0 Å². The van der Waals surface area contributed by atoms with E-state index >= 15 is 0 Å². The Morgan fingerprint density at radius 3 is 2.60 bits per heavy atom. The normalized spacial score (nSPS) is 34.5. The third-order valence-corrected chi connectivity index (χ3v) is 5.96. The van der Waals surface area contributed by atoms with Gasteiger partial charge in [-0.25, -0.2) is 0 Å². The first kappa shape index (κ1) is 14.8. The zero-order chi connectivity index (χ0) is 13.9. The minimum atomic E-state index is 0.712. The standard InChI is InChI=1S/C17H33N3/c1-3-9-19-11-6-15(7-12-19)14(2)18-16-8-13-20-10-4-5-17(16)20/h14-18H,3-13H2,1-2H3. The Balaban J connectivity index is 1.44. The second-order valence-electron chi connectivity index (χ2n) is 7.28. The topological polar surface area (TPSA) is 18.5 Å². The molecule has 3 atom stereocenters. The van der Waals surface area contributed by atoms with Crippen molar-refractivity contribution >= 4 is 0 Å². The van der Waals surface area contributed by atoms with Crippen LogP contribution in [0.25, 0.3) is 0 Å². The Morgan fingerprint density at radius 1 is 1.05 bits per heavy atom. The van der Waals surface area contributed by atoms with Gasteiger partial charge in [0.15, 0.2) is 0 Å². The predicted molar refractivity (Wildman–Crippen MR) is 85.1 cm³/mol. The number of piperidine rings is 1. The zero-order valence-electron chi connectivity index (χ0n) is 13.5. The molecule has 0 aromatic carbocycles. The smallest absolute Gasteiger partial charge is 0.0250 e. The molecule has 3 fully saturated rings. The molecule has 0 aromatic heterocycles. The zero-order valence-corrected chi connectivity index (χ0v) is 13.5. The molecule has 3 saturated heterocycles. The van der Waals surface area contributed by atoms with Crippen LogP contribution in [0.4, 0.5) is 0 Å². The van der Waals surface area contributed by atoms with E-state index in [0.29, 0.717) is 6.04 Å². The maximum absolute atomic E-state index is 4.01. The molecule has 0 radical (unpaired) electrons. The molecule has 20 heavy (non-hydrogen) atoms. The second kappa shape index (κ2) is 6.76. The average molecular weight is 279 g/mol. The van der Waals surface area contributed by atoms with Crippen molar-refractivity contribution in [3.63, 3.8) is 0 Å². The van der Waals surface area contributed by atoms with Crippen molar-refractivity contribution < 1.29 is 0 Å². The summed E-state index contributed by atoms with van der Waals surface area (Å²) in [5.41, 5.74) is 0. The van der Waals surface area contributed by atoms with Crippen LogP contribution in [0.2, 0.25) is 0 Å². The summed E-state index contributed by atoms with van der Waals surface area (Å²) in [5.74, 6) is 0.901. The van der Waals surface area contributed by atoms with Crippen molar-refractivity contribution in [1.82, 2.24) is 15.1 Å². The highest BCUT2D eigenvalue weighted by molar-refractivity contribution is 4.97. The molecule has 0 saturated carbocycles. The Bertz CT molecular complexity index is 299. The molecule has 116 valence electrons. The van der Waals surface area contributed by atoms with Gasteiger partial charge in [-0.05, 0) is 77.5 Å². The number of hydrogen-bond donors (Lipinski definition) is 1. The summed E-state index contributed by atoms with van der Waals surface area (Å²) in [5, 5.41) is 4.01. The molecule has 3 heteroatoms. The lowest BCUT2D eigenvalue weighted by molar-refractivity contribution is 0.155. The maximum Gasteiger partial charge on any atom is 0.0250 e. The van der Waals surface area contributed by atoms with Crippen LogP contribution >= 0.6 is 0 Å².